The van der Waals surface area contributed by atoms with Crippen molar-refractivity contribution in [1.29, 1.82) is 0 Å². The predicted octanol–water partition coefficient (Wildman–Crippen LogP) is 1.30. The lowest BCUT2D eigenvalue weighted by molar-refractivity contribution is -0.120. The van der Waals surface area contributed by atoms with E-state index >= 15 is 0 Å². The Morgan fingerprint density at radius 2 is 2.12 bits per heavy atom. The van der Waals surface area contributed by atoms with E-state index in [9.17, 15) is 4.79 Å². The van der Waals surface area contributed by atoms with E-state index in [4.69, 9.17) is 6.42 Å². The summed E-state index contributed by atoms with van der Waals surface area (Å²) in [4.78, 5) is 11.5. The maximum absolute atomic E-state index is 11.5. The second kappa shape index (κ2) is 7.48. The number of amides is 1. The van der Waals surface area contributed by atoms with Crippen molar-refractivity contribution in [3.63, 3.8) is 0 Å². The third-order valence-electron chi connectivity index (χ3n) is 2.45. The van der Waals surface area contributed by atoms with E-state index in [1.807, 2.05) is 37.3 Å². The first-order chi connectivity index (χ1) is 8.26. The van der Waals surface area contributed by atoms with Gasteiger partial charge in [0.15, 0.2) is 0 Å². The number of benzene rings is 1. The Bertz CT molecular complexity index is 381. The highest BCUT2D eigenvalue weighted by Crippen LogP contribution is 1.96. The van der Waals surface area contributed by atoms with Gasteiger partial charge < -0.3 is 5.32 Å². The molecule has 0 aliphatic rings. The molecule has 0 bridgehead atoms. The van der Waals surface area contributed by atoms with Crippen molar-refractivity contribution >= 4 is 5.91 Å². The molecule has 1 aromatic carbocycles. The molecule has 3 nitrogen and oxygen atoms in total. The van der Waals surface area contributed by atoms with Crippen LogP contribution in [0.4, 0.5) is 0 Å². The fourth-order valence-electron chi connectivity index (χ4n) is 1.40. The number of carbonyl (C=O) groups is 1. The molecule has 0 aliphatic heterocycles. The Morgan fingerprint density at radius 1 is 1.41 bits per heavy atom. The summed E-state index contributed by atoms with van der Waals surface area (Å²) in [6.45, 7) is 2.79. The van der Waals surface area contributed by atoms with Gasteiger partial charge in [0.05, 0.1) is 12.6 Å². The molecule has 17 heavy (non-hydrogen) atoms. The maximum atomic E-state index is 11.5. The quantitative estimate of drug-likeness (QED) is 0.723. The molecule has 0 aromatic heterocycles. The molecule has 0 spiro atoms. The van der Waals surface area contributed by atoms with E-state index in [1.54, 1.807) is 0 Å². The molecule has 0 heterocycles. The van der Waals surface area contributed by atoms with Crippen LogP contribution in [0.5, 0.6) is 0 Å². The monoisotopic (exact) mass is 230 g/mol. The average Bonchev–Trinajstić information content (AvgIpc) is 2.39. The van der Waals surface area contributed by atoms with Gasteiger partial charge in [0.1, 0.15) is 0 Å². The highest BCUT2D eigenvalue weighted by Gasteiger charge is 2.04. The summed E-state index contributed by atoms with van der Waals surface area (Å²) in [5, 5.41) is 5.84. The number of nitrogens with one attached hydrogen (secondary N) is 2. The van der Waals surface area contributed by atoms with Crippen LogP contribution in [0.15, 0.2) is 30.3 Å². The van der Waals surface area contributed by atoms with Gasteiger partial charge >= 0.3 is 0 Å². The Kier molecular flexibility index (Phi) is 5.84. The largest absolute Gasteiger partial charge is 0.351 e. The second-order valence-electron chi connectivity index (χ2n) is 3.77. The third kappa shape index (κ3) is 5.19. The molecule has 1 atom stereocenters. The van der Waals surface area contributed by atoms with Gasteiger partial charge in [-0.2, -0.15) is 0 Å². The Balaban J connectivity index is 2.25. The van der Waals surface area contributed by atoms with Crippen LogP contribution in [0.1, 0.15) is 18.9 Å². The molecule has 3 heteroatoms. The molecule has 90 valence electrons. The fourth-order valence-corrected chi connectivity index (χ4v) is 1.40. The van der Waals surface area contributed by atoms with Gasteiger partial charge in [-0.25, -0.2) is 0 Å². The fraction of sp³-hybridized carbons (Fsp3) is 0.357. The summed E-state index contributed by atoms with van der Waals surface area (Å²) >= 11 is 0. The lowest BCUT2D eigenvalue weighted by Crippen LogP contribution is -2.38. The molecule has 0 saturated carbocycles. The summed E-state index contributed by atoms with van der Waals surface area (Å²) in [5.41, 5.74) is 1.09. The summed E-state index contributed by atoms with van der Waals surface area (Å²) < 4.78 is 0. The molecule has 1 amide bonds. The lowest BCUT2D eigenvalue weighted by atomic mass is 10.2. The van der Waals surface area contributed by atoms with Gasteiger partial charge in [-0.3, -0.25) is 10.1 Å². The minimum absolute atomic E-state index is 0.0301. The minimum Gasteiger partial charge on any atom is -0.351 e. The first-order valence-electron chi connectivity index (χ1n) is 5.76. The lowest BCUT2D eigenvalue weighted by Gasteiger charge is -2.10. The van der Waals surface area contributed by atoms with E-state index in [1.165, 1.54) is 0 Å². The topological polar surface area (TPSA) is 41.1 Å². The molecule has 1 aromatic rings. The zero-order valence-corrected chi connectivity index (χ0v) is 10.1. The van der Waals surface area contributed by atoms with Crippen molar-refractivity contribution in [3.05, 3.63) is 35.9 Å². The van der Waals surface area contributed by atoms with E-state index in [2.05, 4.69) is 16.6 Å². The van der Waals surface area contributed by atoms with Crippen molar-refractivity contribution < 1.29 is 4.79 Å². The summed E-state index contributed by atoms with van der Waals surface area (Å²) in [7, 11) is 0. The van der Waals surface area contributed by atoms with Crippen molar-refractivity contribution in [2.75, 3.05) is 6.54 Å². The zero-order valence-electron chi connectivity index (χ0n) is 10.1. The first-order valence-corrected chi connectivity index (χ1v) is 5.76. The molecule has 2 N–H and O–H groups in total. The van der Waals surface area contributed by atoms with Crippen molar-refractivity contribution in [2.24, 2.45) is 0 Å². The van der Waals surface area contributed by atoms with Crippen LogP contribution in [-0.4, -0.2) is 18.5 Å². The molecule has 1 unspecified atom stereocenters. The van der Waals surface area contributed by atoms with Crippen LogP contribution in [0.25, 0.3) is 0 Å². The van der Waals surface area contributed by atoms with Crippen molar-refractivity contribution in [2.45, 2.75) is 25.9 Å². The molecule has 0 fully saturated rings. The van der Waals surface area contributed by atoms with Gasteiger partial charge in [0.2, 0.25) is 5.91 Å². The first kappa shape index (κ1) is 13.3. The number of carbonyl (C=O) groups excluding carboxylic acids is 1. The van der Waals surface area contributed by atoms with E-state index in [0.29, 0.717) is 6.54 Å². The Labute approximate surface area is 103 Å². The van der Waals surface area contributed by atoms with Crippen LogP contribution in [0.3, 0.4) is 0 Å². The van der Waals surface area contributed by atoms with Gasteiger partial charge in [0, 0.05) is 6.54 Å². The van der Waals surface area contributed by atoms with E-state index in [0.717, 1.165) is 12.0 Å². The highest BCUT2D eigenvalue weighted by atomic mass is 16.1. The second-order valence-corrected chi connectivity index (χ2v) is 3.77. The predicted molar refractivity (Wildman–Crippen MR) is 69.2 cm³/mol. The van der Waals surface area contributed by atoms with E-state index in [-0.39, 0.29) is 18.5 Å². The molecule has 1 rings (SSSR count). The minimum atomic E-state index is -0.0393. The number of rotatable bonds is 6. The molecule has 0 radical (unpaired) electrons. The standard InChI is InChI=1S/C14H18N2O/c1-3-13(4-2)15-11-14(17)16-10-12-8-6-5-7-9-12/h1,5-9,13,15H,4,10-11H2,2H3,(H,16,17). The molecular weight excluding hydrogens is 212 g/mol. The van der Waals surface area contributed by atoms with Gasteiger partial charge in [-0.1, -0.05) is 43.2 Å². The van der Waals surface area contributed by atoms with E-state index < -0.39 is 0 Å². The zero-order chi connectivity index (χ0) is 12.5. The van der Waals surface area contributed by atoms with Crippen molar-refractivity contribution in [3.8, 4) is 12.3 Å². The SMILES string of the molecule is C#CC(CC)NCC(=O)NCc1ccccc1. The number of hydrogen-bond donors (Lipinski definition) is 2. The van der Waals surface area contributed by atoms with Crippen LogP contribution in [0.2, 0.25) is 0 Å². The van der Waals surface area contributed by atoms with Crippen molar-refractivity contribution in [1.82, 2.24) is 10.6 Å². The van der Waals surface area contributed by atoms with Crippen LogP contribution >= 0.6 is 0 Å². The Morgan fingerprint density at radius 3 is 2.71 bits per heavy atom. The maximum Gasteiger partial charge on any atom is 0.234 e. The van der Waals surface area contributed by atoms with Crippen LogP contribution < -0.4 is 10.6 Å². The van der Waals surface area contributed by atoms with Gasteiger partial charge in [-0.05, 0) is 12.0 Å². The van der Waals surface area contributed by atoms with Gasteiger partial charge in [0.25, 0.3) is 0 Å². The van der Waals surface area contributed by atoms with Crippen LogP contribution in [-0.2, 0) is 11.3 Å². The smallest absolute Gasteiger partial charge is 0.234 e. The van der Waals surface area contributed by atoms with Gasteiger partial charge in [-0.15, -0.1) is 6.42 Å². The Hall–Kier alpha value is -1.79. The number of hydrogen-bond acceptors (Lipinski definition) is 2. The summed E-state index contributed by atoms with van der Waals surface area (Å²) in [5.74, 6) is 2.55. The average molecular weight is 230 g/mol. The number of terminal acetylenes is 1. The summed E-state index contributed by atoms with van der Waals surface area (Å²) in [6.07, 6.45) is 6.11. The molecular formula is C14H18N2O. The molecule has 0 saturated heterocycles. The molecule has 0 aliphatic carbocycles. The summed E-state index contributed by atoms with van der Waals surface area (Å²) in [6, 6.07) is 9.77. The highest BCUT2D eigenvalue weighted by molar-refractivity contribution is 5.78. The van der Waals surface area contributed by atoms with Crippen LogP contribution in [0, 0.1) is 12.3 Å². The normalized spacial score (nSPS) is 11.5. The third-order valence-corrected chi connectivity index (χ3v) is 2.45.